The van der Waals surface area contributed by atoms with Crippen molar-refractivity contribution in [1.29, 1.82) is 0 Å². The number of ketones is 1. The normalized spacial score (nSPS) is 18.5. The van der Waals surface area contributed by atoms with Gasteiger partial charge in [0.1, 0.15) is 5.76 Å². The first-order valence-electron chi connectivity index (χ1n) is 9.71. The lowest BCUT2D eigenvalue weighted by Gasteiger charge is -2.26. The van der Waals surface area contributed by atoms with E-state index in [4.69, 9.17) is 0 Å². The van der Waals surface area contributed by atoms with Gasteiger partial charge in [-0.15, -0.1) is 0 Å². The second-order valence-electron chi connectivity index (χ2n) is 7.80. The summed E-state index contributed by atoms with van der Waals surface area (Å²) in [5.74, 6) is -1.34. The first-order chi connectivity index (χ1) is 13.8. The van der Waals surface area contributed by atoms with E-state index < -0.39 is 17.7 Å². The molecular formula is C23H28N3O3+. The Morgan fingerprint density at radius 3 is 2.21 bits per heavy atom. The monoisotopic (exact) mass is 394 g/mol. The van der Waals surface area contributed by atoms with Gasteiger partial charge in [-0.1, -0.05) is 42.5 Å². The summed E-state index contributed by atoms with van der Waals surface area (Å²) in [6.45, 7) is 1.13. The van der Waals surface area contributed by atoms with Gasteiger partial charge in [-0.25, -0.2) is 0 Å². The summed E-state index contributed by atoms with van der Waals surface area (Å²) in [5, 5.41) is 10.9. The molecule has 1 amide bonds. The minimum absolute atomic E-state index is 0.134. The SMILES string of the molecule is CN(C)c1ccc([C@H]2C(=C(O)c3ccccc3)C(=O)C(=O)N2CC[NH+](C)C)cc1. The molecule has 3 rings (SSSR count). The highest BCUT2D eigenvalue weighted by Crippen LogP contribution is 2.39. The predicted molar refractivity (Wildman–Crippen MR) is 114 cm³/mol. The Labute approximate surface area is 171 Å². The second kappa shape index (κ2) is 8.49. The van der Waals surface area contributed by atoms with Crippen LogP contribution in [-0.4, -0.2) is 63.0 Å². The summed E-state index contributed by atoms with van der Waals surface area (Å²) in [4.78, 5) is 30.5. The maximum absolute atomic E-state index is 12.9. The molecule has 0 aliphatic carbocycles. The van der Waals surface area contributed by atoms with Crippen molar-refractivity contribution in [2.45, 2.75) is 6.04 Å². The maximum Gasteiger partial charge on any atom is 0.295 e. The Kier molecular flexibility index (Phi) is 6.03. The predicted octanol–water partition coefficient (Wildman–Crippen LogP) is 1.32. The molecule has 0 spiro atoms. The number of hydrogen-bond donors (Lipinski definition) is 2. The van der Waals surface area contributed by atoms with E-state index in [1.807, 2.05) is 63.4 Å². The molecule has 29 heavy (non-hydrogen) atoms. The molecule has 1 heterocycles. The number of carbonyl (C=O) groups excluding carboxylic acids is 2. The molecule has 1 atom stereocenters. The van der Waals surface area contributed by atoms with E-state index >= 15 is 0 Å². The van der Waals surface area contributed by atoms with Crippen molar-refractivity contribution in [3.8, 4) is 0 Å². The molecule has 6 nitrogen and oxygen atoms in total. The Morgan fingerprint density at radius 2 is 1.66 bits per heavy atom. The lowest BCUT2D eigenvalue weighted by Crippen LogP contribution is -3.06. The van der Waals surface area contributed by atoms with Crippen LogP contribution in [-0.2, 0) is 9.59 Å². The van der Waals surface area contributed by atoms with Crippen molar-refractivity contribution >= 4 is 23.1 Å². The number of Topliss-reactive ketones (excluding diaryl/α,β-unsaturated/α-hetero) is 1. The number of anilines is 1. The zero-order valence-corrected chi connectivity index (χ0v) is 17.3. The second-order valence-corrected chi connectivity index (χ2v) is 7.80. The van der Waals surface area contributed by atoms with E-state index in [0.717, 1.165) is 11.3 Å². The van der Waals surface area contributed by atoms with Gasteiger partial charge in [-0.05, 0) is 17.7 Å². The van der Waals surface area contributed by atoms with E-state index in [-0.39, 0.29) is 11.3 Å². The van der Waals surface area contributed by atoms with Crippen LogP contribution < -0.4 is 9.80 Å². The zero-order chi connectivity index (χ0) is 21.1. The third kappa shape index (κ3) is 4.17. The average molecular weight is 394 g/mol. The van der Waals surface area contributed by atoms with Gasteiger partial charge in [-0.3, -0.25) is 9.59 Å². The van der Waals surface area contributed by atoms with Crippen molar-refractivity contribution in [3.05, 3.63) is 71.3 Å². The summed E-state index contributed by atoms with van der Waals surface area (Å²) in [6.07, 6.45) is 0. The summed E-state index contributed by atoms with van der Waals surface area (Å²) >= 11 is 0. The molecule has 6 heteroatoms. The van der Waals surface area contributed by atoms with Crippen molar-refractivity contribution in [2.75, 3.05) is 46.2 Å². The number of aliphatic hydroxyl groups is 1. The zero-order valence-electron chi connectivity index (χ0n) is 17.3. The van der Waals surface area contributed by atoms with Gasteiger partial charge in [0.15, 0.2) is 0 Å². The fourth-order valence-corrected chi connectivity index (χ4v) is 3.51. The smallest absolute Gasteiger partial charge is 0.295 e. The molecular weight excluding hydrogens is 366 g/mol. The lowest BCUT2D eigenvalue weighted by molar-refractivity contribution is -0.857. The number of hydrogen-bond acceptors (Lipinski definition) is 4. The Bertz CT molecular complexity index is 918. The van der Waals surface area contributed by atoms with Crippen LogP contribution in [0.25, 0.3) is 5.76 Å². The molecule has 1 aliphatic heterocycles. The van der Waals surface area contributed by atoms with Crippen LogP contribution in [0.1, 0.15) is 17.2 Å². The average Bonchev–Trinajstić information content (AvgIpc) is 2.97. The van der Waals surface area contributed by atoms with Gasteiger partial charge in [0.25, 0.3) is 11.7 Å². The number of nitrogens with zero attached hydrogens (tertiary/aromatic N) is 2. The Morgan fingerprint density at radius 1 is 1.03 bits per heavy atom. The van der Waals surface area contributed by atoms with Crippen molar-refractivity contribution in [3.63, 3.8) is 0 Å². The fourth-order valence-electron chi connectivity index (χ4n) is 3.51. The highest BCUT2D eigenvalue weighted by molar-refractivity contribution is 6.46. The molecule has 0 unspecified atom stereocenters. The fraction of sp³-hybridized carbons (Fsp3) is 0.304. The molecule has 2 aromatic carbocycles. The van der Waals surface area contributed by atoms with Crippen LogP contribution in [0.15, 0.2) is 60.2 Å². The topological polar surface area (TPSA) is 65.3 Å². The summed E-state index contributed by atoms with van der Waals surface area (Å²) in [5.41, 5.74) is 2.50. The molecule has 0 bridgehead atoms. The summed E-state index contributed by atoms with van der Waals surface area (Å²) in [7, 11) is 7.91. The van der Waals surface area contributed by atoms with Crippen molar-refractivity contribution in [1.82, 2.24) is 4.90 Å². The third-order valence-electron chi connectivity index (χ3n) is 5.17. The quantitative estimate of drug-likeness (QED) is 0.441. The molecule has 152 valence electrons. The molecule has 2 aromatic rings. The van der Waals surface area contributed by atoms with Crippen LogP contribution in [0, 0.1) is 0 Å². The minimum Gasteiger partial charge on any atom is -0.507 e. The molecule has 0 aromatic heterocycles. The van der Waals surface area contributed by atoms with Crippen molar-refractivity contribution < 1.29 is 19.6 Å². The van der Waals surface area contributed by atoms with Gasteiger partial charge in [0.05, 0.1) is 38.8 Å². The molecule has 1 saturated heterocycles. The standard InChI is InChI=1S/C23H27N3O3/c1-24(2)14-15-26-20(16-10-12-18(13-11-16)25(3)4)19(22(28)23(26)29)21(27)17-8-6-5-7-9-17/h5-13,20,27H,14-15H2,1-4H3/p+1/t20-/m0/s1. The first-order valence-corrected chi connectivity index (χ1v) is 9.71. The van der Waals surface area contributed by atoms with Crippen LogP contribution in [0.2, 0.25) is 0 Å². The van der Waals surface area contributed by atoms with E-state index in [2.05, 4.69) is 0 Å². The number of likely N-dealkylation sites (tertiary alicyclic amines) is 1. The largest absolute Gasteiger partial charge is 0.507 e. The molecule has 1 fully saturated rings. The van der Waals surface area contributed by atoms with Gasteiger partial charge < -0.3 is 19.8 Å². The van der Waals surface area contributed by atoms with E-state index in [0.29, 0.717) is 18.7 Å². The van der Waals surface area contributed by atoms with E-state index in [1.165, 1.54) is 4.90 Å². The lowest BCUT2D eigenvalue weighted by atomic mass is 9.95. The number of carbonyl (C=O) groups is 2. The number of amides is 1. The number of nitrogens with one attached hydrogen (secondary N) is 1. The third-order valence-corrected chi connectivity index (χ3v) is 5.17. The summed E-state index contributed by atoms with van der Waals surface area (Å²) in [6, 6.07) is 16.0. The number of likely N-dealkylation sites (N-methyl/N-ethyl adjacent to an activating group) is 1. The van der Waals surface area contributed by atoms with Crippen LogP contribution >= 0.6 is 0 Å². The van der Waals surface area contributed by atoms with Crippen molar-refractivity contribution in [2.24, 2.45) is 0 Å². The Hall–Kier alpha value is -3.12. The van der Waals surface area contributed by atoms with Gasteiger partial charge in [0, 0.05) is 25.3 Å². The number of rotatable bonds is 6. The molecule has 0 saturated carbocycles. The molecule has 0 radical (unpaired) electrons. The van der Waals surface area contributed by atoms with Gasteiger partial charge in [-0.2, -0.15) is 0 Å². The summed E-state index contributed by atoms with van der Waals surface area (Å²) < 4.78 is 0. The van der Waals surface area contributed by atoms with Crippen LogP contribution in [0.5, 0.6) is 0 Å². The van der Waals surface area contributed by atoms with Crippen LogP contribution in [0.4, 0.5) is 5.69 Å². The molecule has 1 aliphatic rings. The number of benzene rings is 2. The molecule has 2 N–H and O–H groups in total. The van der Waals surface area contributed by atoms with E-state index in [1.54, 1.807) is 29.2 Å². The Balaban J connectivity index is 2.11. The highest BCUT2D eigenvalue weighted by atomic mass is 16.3. The number of quaternary nitrogens is 1. The minimum atomic E-state index is -0.637. The van der Waals surface area contributed by atoms with E-state index in [9.17, 15) is 14.7 Å². The van der Waals surface area contributed by atoms with Crippen LogP contribution in [0.3, 0.4) is 0 Å². The van der Waals surface area contributed by atoms with Gasteiger partial charge >= 0.3 is 0 Å². The first kappa shape index (κ1) is 20.6. The van der Waals surface area contributed by atoms with Gasteiger partial charge in [0.2, 0.25) is 0 Å². The maximum atomic E-state index is 12.9. The highest BCUT2D eigenvalue weighted by Gasteiger charge is 2.46. The number of aliphatic hydroxyl groups excluding tert-OH is 1.